The average Bonchev–Trinajstić information content (AvgIpc) is 3.06. The van der Waals surface area contributed by atoms with Crippen LogP contribution in [-0.2, 0) is 138 Å². The Morgan fingerprint density at radius 3 is 0.554 bits per heavy atom. The maximum atomic E-state index is 11.5. The van der Waals surface area contributed by atoms with Crippen molar-refractivity contribution in [2.75, 3.05) is 0 Å². The Kier molecular flexibility index (Phi) is 80.5. The van der Waals surface area contributed by atoms with E-state index in [1.807, 2.05) is 132 Å². The van der Waals surface area contributed by atoms with Gasteiger partial charge in [-0.1, -0.05) is 24.3 Å². The van der Waals surface area contributed by atoms with Crippen molar-refractivity contribution >= 4 is 24.9 Å². The molecule has 0 atom stereocenters. The molecule has 4 aromatic rings. The summed E-state index contributed by atoms with van der Waals surface area (Å²) in [6, 6.07) is 21.9. The van der Waals surface area contributed by atoms with E-state index < -0.39 is 22.2 Å². The molecule has 0 fully saturated rings. The first-order chi connectivity index (χ1) is 24.0. The van der Waals surface area contributed by atoms with Gasteiger partial charge in [0.25, 0.3) is 0 Å². The number of hydrogen-bond donors (Lipinski definition) is 0. The number of hydrogen-bond acceptors (Lipinski definition) is 8. The molecule has 2 radical (unpaired) electrons. The van der Waals surface area contributed by atoms with Crippen LogP contribution in [0, 0.1) is 20.8 Å². The number of pyridine rings is 4. The van der Waals surface area contributed by atoms with Crippen molar-refractivity contribution in [3.63, 3.8) is 0 Å². The van der Waals surface area contributed by atoms with E-state index in [-0.39, 0.29) is 274 Å². The Morgan fingerprint density at radius 2 is 0.462 bits per heavy atom. The second-order valence-electron chi connectivity index (χ2n) is 15.5. The minimum Gasteiger partial charge on any atom is -1.00 e. The van der Waals surface area contributed by atoms with Crippen molar-refractivity contribution in [3.05, 3.63) is 141 Å². The normalized spacial score (nSPS) is 10.4. The number of aromatic nitrogens is 4. The molecule has 0 aliphatic heterocycles. The zero-order chi connectivity index (χ0) is 39.6. The molecule has 4 heterocycles. The average molecular weight is 2360 g/mol. The topological polar surface area (TPSA) is 156 Å². The summed E-state index contributed by atoms with van der Waals surface area (Å²) >= 11 is 0. The third-order valence-electron chi connectivity index (χ3n) is 6.39. The molecule has 0 aromatic carbocycles. The molecule has 0 N–H and O–H groups in total. The summed E-state index contributed by atoms with van der Waals surface area (Å²) in [6.45, 7) is 22.3. The molecule has 0 aliphatic rings. The first kappa shape index (κ1) is 101. The van der Waals surface area contributed by atoms with Crippen molar-refractivity contribution in [2.24, 2.45) is 0 Å². The summed E-state index contributed by atoms with van der Waals surface area (Å²) < 4.78 is 3.65. The number of halogens is 8. The monoisotopic (exact) mass is 2350 g/mol. The van der Waals surface area contributed by atoms with Crippen molar-refractivity contribution in [2.45, 2.75) is 105 Å². The van der Waals surface area contributed by atoms with Gasteiger partial charge in [0.1, 0.15) is 22.8 Å². The van der Waals surface area contributed by atoms with Crippen LogP contribution >= 0.6 is 0 Å². The standard InChI is InChI=1S/4C10H14N2O.8BrH.5Hg/c4*1-10(2,3)12(13)8-9-6-4-5-7-11-9;;;;;;;;;;;;;/h4*4-8H,1-3H3;8*1H;;;;;/q;;;;;;;;;;;;2*+1;3*+2/p-8/b4*12-8-;;;;;;;;;;;;;. The van der Waals surface area contributed by atoms with Gasteiger partial charge in [0.05, 0.1) is 0 Å². The molecule has 4 rings (SSSR count). The zero-order valence-corrected chi connectivity index (χ0v) is 79.5. The summed E-state index contributed by atoms with van der Waals surface area (Å²) in [7, 11) is 0. The van der Waals surface area contributed by atoms with Crippen LogP contribution in [0.3, 0.4) is 0 Å². The van der Waals surface area contributed by atoms with Crippen LogP contribution in [0.15, 0.2) is 97.6 Å². The van der Waals surface area contributed by atoms with Crippen LogP contribution in [-0.4, -0.2) is 85.9 Å². The fraction of sp³-hybridized carbons (Fsp3) is 0.400. The van der Waals surface area contributed by atoms with Crippen LogP contribution in [0.1, 0.15) is 106 Å². The SMILES string of the molecule is CC(C)(C)/[N+]([O-])=C/c1ccccn1.CC(C)(C)/[N+]([O-])=C/c1ccccn1.CC(C)(C)/[N+]([O-])=C/c1ccccn1.CC(C)(C)/[N+]([O-])=C/c1ccccn1.[Br-].[Br-].[Br-].[Br-].[Br-].[Br-].[Br-].[Br-].[Hg+2].[Hg+2].[Hg+2].[Hg+].[Hg+]. The van der Waals surface area contributed by atoms with Gasteiger partial charge >= 0.3 is 138 Å². The summed E-state index contributed by atoms with van der Waals surface area (Å²) in [5, 5.41) is 45.8. The molecule has 0 saturated heterocycles. The molecule has 0 saturated carbocycles. The van der Waals surface area contributed by atoms with Crippen LogP contribution in [0.25, 0.3) is 0 Å². The molecule has 0 aliphatic carbocycles. The van der Waals surface area contributed by atoms with Crippen molar-refractivity contribution < 1.29 is 293 Å². The van der Waals surface area contributed by atoms with Gasteiger partial charge < -0.3 is 157 Å². The van der Waals surface area contributed by atoms with Gasteiger partial charge in [0.15, 0.2) is 22.2 Å². The van der Waals surface area contributed by atoms with E-state index in [1.165, 1.54) is 24.9 Å². The Hall–Kier alpha value is 3.00. The first-order valence-electron chi connectivity index (χ1n) is 16.9. The fourth-order valence-corrected chi connectivity index (χ4v) is 3.06. The molecule has 346 valence electrons. The van der Waals surface area contributed by atoms with Gasteiger partial charge in [0, 0.05) is 108 Å². The minimum atomic E-state index is -0.405. The van der Waals surface area contributed by atoms with Gasteiger partial charge in [-0.25, -0.2) is 19.0 Å². The van der Waals surface area contributed by atoms with E-state index in [0.717, 1.165) is 19.0 Å². The van der Waals surface area contributed by atoms with E-state index in [1.54, 1.807) is 49.1 Å². The van der Waals surface area contributed by atoms with E-state index in [0.29, 0.717) is 22.8 Å². The molecule has 65 heavy (non-hydrogen) atoms. The van der Waals surface area contributed by atoms with Gasteiger partial charge in [-0.2, -0.15) is 0 Å². The quantitative estimate of drug-likeness (QED) is 0.0643. The molecular formula is C40H56Br8Hg5N8O4. The number of nitrogens with zero attached hydrogens (tertiary/aromatic N) is 8. The van der Waals surface area contributed by atoms with Crippen LogP contribution in [0.4, 0.5) is 0 Å². The molecule has 0 spiro atoms. The van der Waals surface area contributed by atoms with Gasteiger partial charge in [0.2, 0.25) is 24.9 Å². The van der Waals surface area contributed by atoms with Gasteiger partial charge in [-0.3, -0.25) is 19.9 Å². The smallest absolute Gasteiger partial charge is 1.00 e. The van der Waals surface area contributed by atoms with Crippen LogP contribution in [0.5, 0.6) is 0 Å². The van der Waals surface area contributed by atoms with Crippen LogP contribution in [0.2, 0.25) is 0 Å². The Morgan fingerprint density at radius 1 is 0.323 bits per heavy atom. The van der Waals surface area contributed by atoms with Gasteiger partial charge in [-0.15, -0.1) is 0 Å². The third-order valence-corrected chi connectivity index (χ3v) is 6.39. The predicted molar refractivity (Wildman–Crippen MR) is 211 cm³/mol. The molecule has 12 nitrogen and oxygen atoms in total. The largest absolute Gasteiger partial charge is 2.00 e. The van der Waals surface area contributed by atoms with E-state index in [9.17, 15) is 20.8 Å². The third kappa shape index (κ3) is 50.3. The fourth-order valence-electron chi connectivity index (χ4n) is 3.06. The molecule has 0 unspecified atom stereocenters. The number of rotatable bonds is 4. The van der Waals surface area contributed by atoms with E-state index >= 15 is 0 Å². The van der Waals surface area contributed by atoms with Crippen molar-refractivity contribution in [1.29, 1.82) is 0 Å². The molecule has 4 aromatic heterocycles. The summed E-state index contributed by atoms with van der Waals surface area (Å²) in [5.41, 5.74) is 1.13. The summed E-state index contributed by atoms with van der Waals surface area (Å²) in [6.07, 6.45) is 12.7. The molecular weight excluding hydrogens is 2300 g/mol. The zero-order valence-electron chi connectivity index (χ0n) is 39.3. The predicted octanol–water partition coefficient (Wildman–Crippen LogP) is -16.7. The maximum absolute atomic E-state index is 11.5. The molecule has 0 bridgehead atoms. The van der Waals surface area contributed by atoms with Gasteiger partial charge in [-0.05, 0) is 48.5 Å². The Labute approximate surface area is 574 Å². The van der Waals surface area contributed by atoms with E-state index in [4.69, 9.17) is 0 Å². The molecule has 0 amide bonds. The second kappa shape index (κ2) is 51.9. The first-order valence-corrected chi connectivity index (χ1v) is 16.9. The minimum absolute atomic E-state index is 0. The second-order valence-corrected chi connectivity index (χ2v) is 15.5. The Bertz CT molecular complexity index is 1520. The molecule has 25 heteroatoms. The van der Waals surface area contributed by atoms with Crippen molar-refractivity contribution in [3.8, 4) is 0 Å². The Balaban J connectivity index is -0.0000000473. The number of hydroxylamine groups is 4. The maximum Gasteiger partial charge on any atom is 2.00 e. The summed E-state index contributed by atoms with van der Waals surface area (Å²) in [4.78, 5) is 16.1. The van der Waals surface area contributed by atoms with Crippen molar-refractivity contribution in [1.82, 2.24) is 19.9 Å². The summed E-state index contributed by atoms with van der Waals surface area (Å²) in [5.74, 6) is 0. The van der Waals surface area contributed by atoms with Crippen LogP contribution < -0.4 is 136 Å². The van der Waals surface area contributed by atoms with E-state index in [2.05, 4.69) is 19.9 Å².